The molecule has 0 aliphatic heterocycles. The number of hydrogen-bond acceptors (Lipinski definition) is 3. The molecule has 2 rings (SSSR count). The lowest BCUT2D eigenvalue weighted by molar-refractivity contribution is 0.216. The molecule has 0 aliphatic rings. The number of rotatable bonds is 4. The number of benzene rings is 1. The Morgan fingerprint density at radius 1 is 1.17 bits per heavy atom. The van der Waals surface area contributed by atoms with E-state index in [0.717, 1.165) is 11.3 Å². The predicted molar refractivity (Wildman–Crippen MR) is 77.4 cm³/mol. The summed E-state index contributed by atoms with van der Waals surface area (Å²) in [6.45, 7) is 6.72. The van der Waals surface area contributed by atoms with Gasteiger partial charge in [0.2, 0.25) is 0 Å². The van der Waals surface area contributed by atoms with Crippen LogP contribution in [-0.4, -0.2) is 6.54 Å². The maximum atomic E-state index is 6.06. The van der Waals surface area contributed by atoms with Gasteiger partial charge in [-0.3, -0.25) is 0 Å². The fourth-order valence-electron chi connectivity index (χ4n) is 1.84. The number of aryl methyl sites for hydroxylation is 3. The molecule has 18 heavy (non-hydrogen) atoms. The smallest absolute Gasteiger partial charge is 0.145 e. The first-order chi connectivity index (χ1) is 8.60. The van der Waals surface area contributed by atoms with E-state index in [2.05, 4.69) is 51.1 Å². The topological polar surface area (TPSA) is 35.2 Å². The van der Waals surface area contributed by atoms with E-state index in [1.165, 1.54) is 15.3 Å². The zero-order chi connectivity index (χ0) is 13.1. The van der Waals surface area contributed by atoms with Crippen LogP contribution in [0.3, 0.4) is 0 Å². The van der Waals surface area contributed by atoms with Crippen LogP contribution >= 0.6 is 11.3 Å². The molecule has 2 N–H and O–H groups in total. The molecule has 1 aromatic heterocycles. The van der Waals surface area contributed by atoms with E-state index in [4.69, 9.17) is 10.5 Å². The van der Waals surface area contributed by atoms with Crippen molar-refractivity contribution in [2.75, 3.05) is 6.54 Å². The first kappa shape index (κ1) is 13.1. The minimum absolute atomic E-state index is 0.0517. The van der Waals surface area contributed by atoms with Crippen LogP contribution in [0, 0.1) is 20.8 Å². The van der Waals surface area contributed by atoms with Crippen molar-refractivity contribution in [1.29, 1.82) is 0 Å². The Kier molecular flexibility index (Phi) is 4.04. The third-order valence-electron chi connectivity index (χ3n) is 2.91. The summed E-state index contributed by atoms with van der Waals surface area (Å²) >= 11 is 1.74. The summed E-state index contributed by atoms with van der Waals surface area (Å²) < 4.78 is 6.06. The van der Waals surface area contributed by atoms with Gasteiger partial charge >= 0.3 is 0 Å². The van der Waals surface area contributed by atoms with Crippen molar-refractivity contribution in [3.05, 3.63) is 51.2 Å². The molecule has 1 aromatic carbocycles. The lowest BCUT2D eigenvalue weighted by Crippen LogP contribution is -2.17. The SMILES string of the molecule is Cc1ccc(C)c(OC(CN)c2ccc(C)s2)c1. The van der Waals surface area contributed by atoms with Crippen LogP contribution in [0.1, 0.15) is 27.0 Å². The normalized spacial score (nSPS) is 12.4. The van der Waals surface area contributed by atoms with Gasteiger partial charge in [0, 0.05) is 16.3 Å². The van der Waals surface area contributed by atoms with E-state index in [1.54, 1.807) is 11.3 Å². The second-order valence-corrected chi connectivity index (χ2v) is 5.88. The van der Waals surface area contributed by atoms with Gasteiger partial charge in [-0.15, -0.1) is 11.3 Å². The zero-order valence-electron chi connectivity index (χ0n) is 11.1. The second-order valence-electron chi connectivity index (χ2n) is 4.56. The van der Waals surface area contributed by atoms with E-state index in [0.29, 0.717) is 6.54 Å². The number of thiophene rings is 1. The molecule has 0 saturated carbocycles. The fourth-order valence-corrected chi connectivity index (χ4v) is 2.76. The van der Waals surface area contributed by atoms with E-state index in [9.17, 15) is 0 Å². The van der Waals surface area contributed by atoms with Gasteiger partial charge in [0.1, 0.15) is 11.9 Å². The molecule has 2 aromatic rings. The minimum atomic E-state index is -0.0517. The second kappa shape index (κ2) is 5.55. The van der Waals surface area contributed by atoms with E-state index < -0.39 is 0 Å². The third kappa shape index (κ3) is 2.92. The number of nitrogens with two attached hydrogens (primary N) is 1. The summed E-state index contributed by atoms with van der Waals surface area (Å²) in [6, 6.07) is 10.4. The monoisotopic (exact) mass is 261 g/mol. The van der Waals surface area contributed by atoms with Gasteiger partial charge in [-0.1, -0.05) is 12.1 Å². The molecule has 1 atom stereocenters. The van der Waals surface area contributed by atoms with Crippen molar-refractivity contribution in [1.82, 2.24) is 0 Å². The van der Waals surface area contributed by atoms with Crippen molar-refractivity contribution in [2.24, 2.45) is 5.73 Å². The Balaban J connectivity index is 2.22. The van der Waals surface area contributed by atoms with Gasteiger partial charge in [-0.25, -0.2) is 0 Å². The van der Waals surface area contributed by atoms with E-state index in [-0.39, 0.29) is 6.10 Å². The highest BCUT2D eigenvalue weighted by Crippen LogP contribution is 2.29. The van der Waals surface area contributed by atoms with E-state index in [1.807, 2.05) is 0 Å². The summed E-state index contributed by atoms with van der Waals surface area (Å²) in [4.78, 5) is 2.48. The van der Waals surface area contributed by atoms with Crippen LogP contribution in [0.25, 0.3) is 0 Å². The van der Waals surface area contributed by atoms with Gasteiger partial charge in [-0.2, -0.15) is 0 Å². The minimum Gasteiger partial charge on any atom is -0.483 e. The molecular weight excluding hydrogens is 242 g/mol. The van der Waals surface area contributed by atoms with Crippen LogP contribution in [0.15, 0.2) is 30.3 Å². The van der Waals surface area contributed by atoms with Crippen molar-refractivity contribution in [3.8, 4) is 5.75 Å². The average Bonchev–Trinajstić information content (AvgIpc) is 2.77. The van der Waals surface area contributed by atoms with Gasteiger partial charge < -0.3 is 10.5 Å². The van der Waals surface area contributed by atoms with Gasteiger partial charge in [0.15, 0.2) is 0 Å². The largest absolute Gasteiger partial charge is 0.483 e. The first-order valence-corrected chi connectivity index (χ1v) is 6.92. The maximum Gasteiger partial charge on any atom is 0.145 e. The van der Waals surface area contributed by atoms with Crippen molar-refractivity contribution < 1.29 is 4.74 Å². The Morgan fingerprint density at radius 3 is 2.56 bits per heavy atom. The van der Waals surface area contributed by atoms with Crippen molar-refractivity contribution >= 4 is 11.3 Å². The molecule has 1 unspecified atom stereocenters. The molecule has 1 heterocycles. The summed E-state index contributed by atoms with van der Waals surface area (Å²) in [7, 11) is 0. The molecule has 0 bridgehead atoms. The maximum absolute atomic E-state index is 6.06. The average molecular weight is 261 g/mol. The van der Waals surface area contributed by atoms with Gasteiger partial charge in [0.25, 0.3) is 0 Å². The summed E-state index contributed by atoms with van der Waals surface area (Å²) in [5.74, 6) is 0.927. The summed E-state index contributed by atoms with van der Waals surface area (Å²) in [6.07, 6.45) is -0.0517. The highest BCUT2D eigenvalue weighted by atomic mass is 32.1. The zero-order valence-corrected chi connectivity index (χ0v) is 11.9. The number of hydrogen-bond donors (Lipinski definition) is 1. The standard InChI is InChI=1S/C15H19NOS/c1-10-4-5-11(2)13(8-10)17-14(9-16)15-7-6-12(3)18-15/h4-8,14H,9,16H2,1-3H3. The molecular formula is C15H19NOS. The van der Waals surface area contributed by atoms with Crippen LogP contribution in [0.4, 0.5) is 0 Å². The lowest BCUT2D eigenvalue weighted by atomic mass is 10.1. The Morgan fingerprint density at radius 2 is 1.94 bits per heavy atom. The number of ether oxygens (including phenoxy) is 1. The van der Waals surface area contributed by atoms with Crippen LogP contribution in [-0.2, 0) is 0 Å². The molecule has 0 amide bonds. The molecule has 2 nitrogen and oxygen atoms in total. The summed E-state index contributed by atoms with van der Waals surface area (Å²) in [5, 5.41) is 0. The van der Waals surface area contributed by atoms with Crippen LogP contribution < -0.4 is 10.5 Å². The quantitative estimate of drug-likeness (QED) is 0.909. The highest BCUT2D eigenvalue weighted by Gasteiger charge is 2.14. The third-order valence-corrected chi connectivity index (χ3v) is 4.00. The van der Waals surface area contributed by atoms with Crippen LogP contribution in [0.5, 0.6) is 5.75 Å². The Labute approximate surface area is 112 Å². The highest BCUT2D eigenvalue weighted by molar-refractivity contribution is 7.12. The van der Waals surface area contributed by atoms with Crippen LogP contribution in [0.2, 0.25) is 0 Å². The predicted octanol–water partition coefficient (Wildman–Crippen LogP) is 3.75. The first-order valence-electron chi connectivity index (χ1n) is 6.10. The fraction of sp³-hybridized carbons (Fsp3) is 0.333. The Bertz CT molecular complexity index is 533. The molecule has 96 valence electrons. The van der Waals surface area contributed by atoms with Crippen molar-refractivity contribution in [3.63, 3.8) is 0 Å². The molecule has 0 aliphatic carbocycles. The van der Waals surface area contributed by atoms with Crippen molar-refractivity contribution in [2.45, 2.75) is 26.9 Å². The molecule has 0 fully saturated rings. The lowest BCUT2D eigenvalue weighted by Gasteiger charge is -2.18. The molecule has 0 saturated heterocycles. The summed E-state index contributed by atoms with van der Waals surface area (Å²) in [5.41, 5.74) is 8.18. The van der Waals surface area contributed by atoms with E-state index >= 15 is 0 Å². The van der Waals surface area contributed by atoms with Gasteiger partial charge in [0.05, 0.1) is 0 Å². The Hall–Kier alpha value is -1.32. The molecule has 0 spiro atoms. The molecule has 0 radical (unpaired) electrons. The molecule has 3 heteroatoms. The van der Waals surface area contributed by atoms with Gasteiger partial charge in [-0.05, 0) is 50.1 Å².